The third-order valence-corrected chi connectivity index (χ3v) is 6.21. The first kappa shape index (κ1) is 25.7. The molecule has 1 aliphatic rings. The van der Waals surface area contributed by atoms with Gasteiger partial charge >= 0.3 is 5.97 Å². The third-order valence-electron chi connectivity index (χ3n) is 6.21. The van der Waals surface area contributed by atoms with Crippen molar-refractivity contribution in [2.24, 2.45) is 5.73 Å². The van der Waals surface area contributed by atoms with Crippen molar-refractivity contribution in [1.29, 1.82) is 5.26 Å². The normalized spacial score (nSPS) is 12.9. The van der Waals surface area contributed by atoms with Crippen molar-refractivity contribution in [2.45, 2.75) is 38.8 Å². The predicted molar refractivity (Wildman–Crippen MR) is 143 cm³/mol. The van der Waals surface area contributed by atoms with Crippen molar-refractivity contribution in [2.75, 3.05) is 0 Å². The van der Waals surface area contributed by atoms with Crippen LogP contribution in [0.2, 0.25) is 0 Å². The van der Waals surface area contributed by atoms with Crippen molar-refractivity contribution in [3.8, 4) is 40.4 Å². The van der Waals surface area contributed by atoms with Gasteiger partial charge in [0, 0.05) is 16.7 Å². The van der Waals surface area contributed by atoms with Gasteiger partial charge < -0.3 is 24.8 Å². The van der Waals surface area contributed by atoms with E-state index in [-0.39, 0.29) is 24.2 Å². The van der Waals surface area contributed by atoms with E-state index in [0.717, 1.165) is 22.3 Å². The Hall–Kier alpha value is -4.94. The van der Waals surface area contributed by atoms with Crippen LogP contribution in [-0.2, 0) is 22.4 Å². The number of benzene rings is 3. The average molecular weight is 523 g/mol. The Bertz CT molecular complexity index is 1600. The van der Waals surface area contributed by atoms with Crippen LogP contribution in [0.3, 0.4) is 0 Å². The number of phenols is 1. The molecule has 1 aliphatic carbocycles. The maximum atomic E-state index is 12.7. The van der Waals surface area contributed by atoms with Crippen molar-refractivity contribution < 1.29 is 23.9 Å². The Balaban J connectivity index is 1.33. The summed E-state index contributed by atoms with van der Waals surface area (Å²) in [6, 6.07) is 18.5. The number of nitriles is 1. The second kappa shape index (κ2) is 10.8. The monoisotopic (exact) mass is 522 g/mol. The van der Waals surface area contributed by atoms with Crippen LogP contribution in [0.4, 0.5) is 0 Å². The smallest absolute Gasteiger partial charge is 0.328 e. The highest BCUT2D eigenvalue weighted by molar-refractivity contribution is 5.86. The first-order valence-electron chi connectivity index (χ1n) is 12.4. The predicted octanol–water partition coefficient (Wildman–Crippen LogP) is 4.78. The van der Waals surface area contributed by atoms with Gasteiger partial charge in [-0.1, -0.05) is 35.5 Å². The lowest BCUT2D eigenvalue weighted by Crippen LogP contribution is -2.34. The Morgan fingerprint density at radius 2 is 1.92 bits per heavy atom. The molecule has 0 saturated heterocycles. The summed E-state index contributed by atoms with van der Waals surface area (Å²) < 4.78 is 16.9. The lowest BCUT2D eigenvalue weighted by Gasteiger charge is -2.13. The third kappa shape index (κ3) is 5.51. The summed E-state index contributed by atoms with van der Waals surface area (Å²) in [5, 5.41) is 23.1. The van der Waals surface area contributed by atoms with E-state index in [2.05, 4.69) is 16.2 Å². The molecule has 0 fully saturated rings. The molecule has 0 spiro atoms. The van der Waals surface area contributed by atoms with Gasteiger partial charge in [0.05, 0.1) is 11.7 Å². The van der Waals surface area contributed by atoms with E-state index in [1.54, 1.807) is 42.5 Å². The minimum Gasteiger partial charge on any atom is -0.508 e. The fourth-order valence-corrected chi connectivity index (χ4v) is 4.36. The molecule has 3 aromatic carbocycles. The molecule has 3 N–H and O–H groups in total. The number of carbonyl (C=O) groups is 1. The van der Waals surface area contributed by atoms with Crippen LogP contribution in [0.1, 0.15) is 36.1 Å². The van der Waals surface area contributed by atoms with E-state index in [1.807, 2.05) is 38.1 Å². The maximum absolute atomic E-state index is 12.7. The molecule has 1 atom stereocenters. The van der Waals surface area contributed by atoms with Gasteiger partial charge in [-0.05, 0) is 74.2 Å². The Kier molecular flexibility index (Phi) is 7.12. The molecule has 39 heavy (non-hydrogen) atoms. The summed E-state index contributed by atoms with van der Waals surface area (Å²) in [6.45, 7) is 3.79. The van der Waals surface area contributed by atoms with E-state index in [4.69, 9.17) is 19.7 Å². The molecule has 0 amide bonds. The molecule has 0 aliphatic heterocycles. The van der Waals surface area contributed by atoms with E-state index in [0.29, 0.717) is 34.9 Å². The number of fused-ring (bicyclic) bond motifs is 1. The molecule has 0 radical (unpaired) electrons. The van der Waals surface area contributed by atoms with Gasteiger partial charge in [-0.3, -0.25) is 0 Å². The number of hydrogen-bond donors (Lipinski definition) is 2. The van der Waals surface area contributed by atoms with Crippen molar-refractivity contribution in [3.05, 3.63) is 89.0 Å². The summed E-state index contributed by atoms with van der Waals surface area (Å²) in [4.78, 5) is 17.3. The zero-order valence-corrected chi connectivity index (χ0v) is 21.4. The van der Waals surface area contributed by atoms with E-state index in [9.17, 15) is 15.2 Å². The fraction of sp³-hybridized carbons (Fsp3) is 0.200. The van der Waals surface area contributed by atoms with Crippen LogP contribution in [-0.4, -0.2) is 33.4 Å². The summed E-state index contributed by atoms with van der Waals surface area (Å²) >= 11 is 0. The van der Waals surface area contributed by atoms with Crippen LogP contribution >= 0.6 is 0 Å². The van der Waals surface area contributed by atoms with Crippen molar-refractivity contribution in [3.63, 3.8) is 0 Å². The zero-order valence-electron chi connectivity index (χ0n) is 21.4. The first-order chi connectivity index (χ1) is 18.8. The topological polar surface area (TPSA) is 144 Å². The number of ether oxygens (including phenoxy) is 2. The summed E-state index contributed by atoms with van der Waals surface area (Å²) in [5.74, 6) is 1.18. The maximum Gasteiger partial charge on any atom is 0.328 e. The van der Waals surface area contributed by atoms with Crippen LogP contribution in [0.5, 0.6) is 11.5 Å². The molecular formula is C30H26N4O5. The Labute approximate surface area is 225 Å². The molecule has 4 aromatic rings. The number of aromatic nitrogens is 2. The van der Waals surface area contributed by atoms with E-state index in [1.165, 1.54) is 0 Å². The lowest BCUT2D eigenvalue weighted by atomic mass is 10.0. The summed E-state index contributed by atoms with van der Waals surface area (Å²) in [7, 11) is 0. The van der Waals surface area contributed by atoms with Crippen LogP contribution in [0.25, 0.3) is 28.6 Å². The number of carbonyl (C=O) groups excluding carboxylic acids is 1. The number of aromatic hydroxyl groups is 1. The number of allylic oxidation sites excluding steroid dienone is 1. The second-order valence-corrected chi connectivity index (χ2v) is 9.41. The van der Waals surface area contributed by atoms with E-state index >= 15 is 0 Å². The Morgan fingerprint density at radius 3 is 2.67 bits per heavy atom. The van der Waals surface area contributed by atoms with Gasteiger partial charge in [0.2, 0.25) is 5.82 Å². The van der Waals surface area contributed by atoms with Gasteiger partial charge in [-0.15, -0.1) is 0 Å². The molecule has 1 heterocycles. The largest absolute Gasteiger partial charge is 0.508 e. The van der Waals surface area contributed by atoms with Crippen LogP contribution in [0, 0.1) is 11.3 Å². The highest BCUT2D eigenvalue weighted by Crippen LogP contribution is 2.36. The molecule has 1 aromatic heterocycles. The van der Waals surface area contributed by atoms with Crippen LogP contribution in [0.15, 0.2) is 71.3 Å². The molecule has 5 rings (SSSR count). The number of phenolic OH excluding ortho intramolecular Hbond substituents is 1. The number of esters is 1. The molecule has 9 heteroatoms. The fourth-order valence-electron chi connectivity index (χ4n) is 4.36. The van der Waals surface area contributed by atoms with Gasteiger partial charge in [-0.25, -0.2) is 4.79 Å². The standard InChI is InChI=1S/C30H26N4O5/c1-17(2)37-26-12-8-19(15-20(26)16-31)29-33-28(34-39-29)24-5-3-4-23-22(24)11-13-27(23)38-30(36)25(32)14-18-6-9-21(35)10-7-18/h3-10,12-13,15,17,25,35H,11,14,32H2,1-2H3. The second-order valence-electron chi connectivity index (χ2n) is 9.41. The quantitative estimate of drug-likeness (QED) is 0.312. The van der Waals surface area contributed by atoms with Gasteiger partial charge in [0.1, 0.15) is 29.4 Å². The molecule has 0 saturated carbocycles. The molecule has 0 bridgehead atoms. The zero-order chi connectivity index (χ0) is 27.5. The first-order valence-corrected chi connectivity index (χ1v) is 12.4. The molecular weight excluding hydrogens is 496 g/mol. The highest BCUT2D eigenvalue weighted by Gasteiger charge is 2.26. The van der Waals surface area contributed by atoms with Crippen molar-refractivity contribution >= 4 is 11.7 Å². The Morgan fingerprint density at radius 1 is 1.15 bits per heavy atom. The number of nitrogens with zero attached hydrogens (tertiary/aromatic N) is 3. The molecule has 1 unspecified atom stereocenters. The van der Waals surface area contributed by atoms with E-state index < -0.39 is 12.0 Å². The van der Waals surface area contributed by atoms with Gasteiger partial charge in [0.15, 0.2) is 0 Å². The van der Waals surface area contributed by atoms with Crippen LogP contribution < -0.4 is 10.5 Å². The van der Waals surface area contributed by atoms with Gasteiger partial charge in [-0.2, -0.15) is 10.2 Å². The SMILES string of the molecule is CC(C)Oc1ccc(-c2nc(-c3cccc4c3CC=C4OC(=O)C(N)Cc3ccc(O)cc3)no2)cc1C#N. The highest BCUT2D eigenvalue weighted by atomic mass is 16.5. The lowest BCUT2D eigenvalue weighted by molar-refractivity contribution is -0.138. The molecule has 196 valence electrons. The van der Waals surface area contributed by atoms with Gasteiger partial charge in [0.25, 0.3) is 5.89 Å². The number of nitrogens with two attached hydrogens (primary N) is 1. The van der Waals surface area contributed by atoms with Crippen molar-refractivity contribution in [1.82, 2.24) is 10.1 Å². The average Bonchev–Trinajstić information content (AvgIpc) is 3.58. The summed E-state index contributed by atoms with van der Waals surface area (Å²) in [6.07, 6.45) is 2.56. The number of rotatable bonds is 8. The summed E-state index contributed by atoms with van der Waals surface area (Å²) in [5.41, 5.74) is 10.3. The number of hydrogen-bond acceptors (Lipinski definition) is 9. The minimum atomic E-state index is -0.863. The minimum absolute atomic E-state index is 0.0640. The molecule has 9 nitrogen and oxygen atoms in total.